The van der Waals surface area contributed by atoms with Gasteiger partial charge in [0.05, 0.1) is 18.4 Å². The van der Waals surface area contributed by atoms with E-state index in [1.54, 1.807) is 13.8 Å². The van der Waals surface area contributed by atoms with E-state index in [0.29, 0.717) is 0 Å². The summed E-state index contributed by atoms with van der Waals surface area (Å²) >= 11 is 0. The van der Waals surface area contributed by atoms with Gasteiger partial charge in [-0.2, -0.15) is 5.10 Å². The average Bonchev–Trinajstić information content (AvgIpc) is 2.90. The molecule has 10 heteroatoms. The molecule has 1 atom stereocenters. The number of ether oxygens (including phenoxy) is 2. The number of sulfonamides is 1. The van der Waals surface area contributed by atoms with Crippen molar-refractivity contribution in [1.82, 2.24) is 14.9 Å². The molecule has 1 aliphatic heterocycles. The molecule has 0 aromatic carbocycles. The van der Waals surface area contributed by atoms with Crippen LogP contribution in [-0.4, -0.2) is 54.7 Å². The highest BCUT2D eigenvalue weighted by molar-refractivity contribution is 7.89. The summed E-state index contributed by atoms with van der Waals surface area (Å²) in [6, 6.07) is 0. The van der Waals surface area contributed by atoms with E-state index < -0.39 is 33.6 Å². The van der Waals surface area contributed by atoms with Gasteiger partial charge in [-0.3, -0.25) is 5.10 Å². The minimum atomic E-state index is -4.01. The monoisotopic (exact) mass is 319 g/mol. The Bertz CT molecular complexity index is 651. The Labute approximate surface area is 121 Å². The molecule has 0 spiro atoms. The molecule has 118 valence electrons. The average molecular weight is 319 g/mol. The summed E-state index contributed by atoms with van der Waals surface area (Å²) in [6.07, 6.45) is -0.435. The third kappa shape index (κ3) is 3.40. The molecule has 1 aliphatic rings. The molecule has 21 heavy (non-hydrogen) atoms. The molecular formula is C11H17N3O6S. The number of aromatic nitrogens is 2. The van der Waals surface area contributed by atoms with E-state index in [0.717, 1.165) is 0 Å². The van der Waals surface area contributed by atoms with Gasteiger partial charge < -0.3 is 14.6 Å². The molecule has 0 bridgehead atoms. The third-order valence-electron chi connectivity index (χ3n) is 2.93. The van der Waals surface area contributed by atoms with Crippen LogP contribution < -0.4 is 4.72 Å². The summed E-state index contributed by atoms with van der Waals surface area (Å²) < 4.78 is 37.6. The van der Waals surface area contributed by atoms with Crippen molar-refractivity contribution in [1.29, 1.82) is 0 Å². The fourth-order valence-corrected chi connectivity index (χ4v) is 3.42. The van der Waals surface area contributed by atoms with E-state index in [2.05, 4.69) is 14.9 Å². The van der Waals surface area contributed by atoms with Crippen LogP contribution >= 0.6 is 0 Å². The highest BCUT2D eigenvalue weighted by Gasteiger charge is 2.34. The van der Waals surface area contributed by atoms with Crippen LogP contribution in [0.15, 0.2) is 4.90 Å². The highest BCUT2D eigenvalue weighted by atomic mass is 32.2. The van der Waals surface area contributed by atoms with Crippen molar-refractivity contribution in [2.75, 3.05) is 13.2 Å². The second-order valence-corrected chi connectivity index (χ2v) is 6.84. The topological polar surface area (TPSA) is 131 Å². The molecule has 9 nitrogen and oxygen atoms in total. The number of H-pyrrole nitrogens is 1. The van der Waals surface area contributed by atoms with E-state index >= 15 is 0 Å². The summed E-state index contributed by atoms with van der Waals surface area (Å²) in [5.74, 6) is -2.17. The maximum absolute atomic E-state index is 12.2. The number of aromatic carboxylic acids is 1. The van der Waals surface area contributed by atoms with E-state index in [4.69, 9.17) is 14.6 Å². The van der Waals surface area contributed by atoms with Crippen LogP contribution in [0.3, 0.4) is 0 Å². The van der Waals surface area contributed by atoms with Gasteiger partial charge in [-0.05, 0) is 20.8 Å². The van der Waals surface area contributed by atoms with Crippen molar-refractivity contribution in [3.63, 3.8) is 0 Å². The van der Waals surface area contributed by atoms with Crippen LogP contribution in [0.25, 0.3) is 0 Å². The molecule has 0 saturated carbocycles. The fourth-order valence-electron chi connectivity index (χ4n) is 2.03. The standard InChI is InChI=1S/C11H17N3O6S/c1-6-9(8(10(15)16)14-13-6)21(17,18)12-4-7-5-19-11(2,3)20-7/h7,12H,4-5H2,1-3H3,(H,13,14)(H,15,16). The molecule has 1 saturated heterocycles. The second-order valence-electron chi connectivity index (χ2n) is 5.13. The predicted octanol–water partition coefficient (Wildman–Crippen LogP) is -0.154. The van der Waals surface area contributed by atoms with Crippen molar-refractivity contribution in [2.45, 2.75) is 37.6 Å². The first-order chi connectivity index (χ1) is 9.62. The number of carboxylic acid groups (broad SMARTS) is 1. The van der Waals surface area contributed by atoms with Crippen LogP contribution in [0.4, 0.5) is 0 Å². The summed E-state index contributed by atoms with van der Waals surface area (Å²) in [7, 11) is -4.01. The molecule has 1 fully saturated rings. The molecule has 2 rings (SSSR count). The zero-order chi connectivity index (χ0) is 15.8. The van der Waals surface area contributed by atoms with Crippen molar-refractivity contribution in [2.24, 2.45) is 0 Å². The summed E-state index contributed by atoms with van der Waals surface area (Å²) in [6.45, 7) is 5.13. The van der Waals surface area contributed by atoms with E-state index in [1.165, 1.54) is 6.92 Å². The second kappa shape index (κ2) is 5.37. The lowest BCUT2D eigenvalue weighted by molar-refractivity contribution is -0.137. The molecular weight excluding hydrogens is 302 g/mol. The van der Waals surface area contributed by atoms with Crippen LogP contribution in [0.1, 0.15) is 30.0 Å². The van der Waals surface area contributed by atoms with Gasteiger partial charge in [-0.1, -0.05) is 0 Å². The van der Waals surface area contributed by atoms with Crippen LogP contribution in [0, 0.1) is 6.92 Å². The lowest BCUT2D eigenvalue weighted by Crippen LogP contribution is -2.35. The van der Waals surface area contributed by atoms with Crippen LogP contribution in [-0.2, 0) is 19.5 Å². The molecule has 1 aromatic rings. The van der Waals surface area contributed by atoms with E-state index in [1.807, 2.05) is 0 Å². The lowest BCUT2D eigenvalue weighted by Gasteiger charge is -2.17. The molecule has 0 amide bonds. The maximum Gasteiger partial charge on any atom is 0.357 e. The highest BCUT2D eigenvalue weighted by Crippen LogP contribution is 2.23. The maximum atomic E-state index is 12.2. The van der Waals surface area contributed by atoms with Gasteiger partial charge in [0.25, 0.3) is 0 Å². The number of carbonyl (C=O) groups is 1. The molecule has 1 unspecified atom stereocenters. The molecule has 0 aliphatic carbocycles. The van der Waals surface area contributed by atoms with Gasteiger partial charge in [-0.25, -0.2) is 17.9 Å². The Hall–Kier alpha value is -1.49. The van der Waals surface area contributed by atoms with Crippen molar-refractivity contribution in [3.05, 3.63) is 11.4 Å². The Balaban J connectivity index is 2.13. The zero-order valence-electron chi connectivity index (χ0n) is 11.8. The van der Waals surface area contributed by atoms with Gasteiger partial charge in [0.2, 0.25) is 10.0 Å². The van der Waals surface area contributed by atoms with E-state index in [-0.39, 0.29) is 23.7 Å². The van der Waals surface area contributed by atoms with Crippen LogP contribution in [0.2, 0.25) is 0 Å². The minimum Gasteiger partial charge on any atom is -0.476 e. The number of carboxylic acids is 1. The predicted molar refractivity (Wildman–Crippen MR) is 70.4 cm³/mol. The number of nitrogens with one attached hydrogen (secondary N) is 2. The quantitative estimate of drug-likeness (QED) is 0.687. The number of hydrogen-bond acceptors (Lipinski definition) is 6. The van der Waals surface area contributed by atoms with Gasteiger partial charge in [0.15, 0.2) is 11.5 Å². The number of hydrogen-bond donors (Lipinski definition) is 3. The molecule has 2 heterocycles. The smallest absolute Gasteiger partial charge is 0.357 e. The molecule has 3 N–H and O–H groups in total. The Morgan fingerprint density at radius 2 is 2.24 bits per heavy atom. The number of rotatable bonds is 5. The zero-order valence-corrected chi connectivity index (χ0v) is 12.7. The Morgan fingerprint density at radius 1 is 1.57 bits per heavy atom. The minimum absolute atomic E-state index is 0.0184. The number of nitrogens with zero attached hydrogens (tertiary/aromatic N) is 1. The van der Waals surface area contributed by atoms with Crippen molar-refractivity contribution >= 4 is 16.0 Å². The lowest BCUT2D eigenvalue weighted by atomic mass is 10.4. The summed E-state index contributed by atoms with van der Waals surface area (Å²) in [5, 5.41) is 14.8. The number of aryl methyl sites for hydroxylation is 1. The van der Waals surface area contributed by atoms with Gasteiger partial charge in [-0.15, -0.1) is 0 Å². The van der Waals surface area contributed by atoms with Gasteiger partial charge >= 0.3 is 5.97 Å². The number of aromatic amines is 1. The Kier molecular flexibility index (Phi) is 4.06. The van der Waals surface area contributed by atoms with Crippen LogP contribution in [0.5, 0.6) is 0 Å². The summed E-state index contributed by atoms with van der Waals surface area (Å²) in [4.78, 5) is 10.6. The van der Waals surface area contributed by atoms with Crippen molar-refractivity contribution in [3.8, 4) is 0 Å². The normalized spacial score (nSPS) is 21.6. The van der Waals surface area contributed by atoms with Crippen molar-refractivity contribution < 1.29 is 27.8 Å². The SMILES string of the molecule is Cc1[nH]nc(C(=O)O)c1S(=O)(=O)NCC1COC(C)(C)O1. The first kappa shape index (κ1) is 15.9. The van der Waals surface area contributed by atoms with Gasteiger partial charge in [0, 0.05) is 6.54 Å². The largest absolute Gasteiger partial charge is 0.476 e. The summed E-state index contributed by atoms with van der Waals surface area (Å²) in [5.41, 5.74) is -0.382. The first-order valence-corrected chi connectivity index (χ1v) is 7.70. The molecule has 1 aromatic heterocycles. The van der Waals surface area contributed by atoms with E-state index in [9.17, 15) is 13.2 Å². The first-order valence-electron chi connectivity index (χ1n) is 6.22. The third-order valence-corrected chi connectivity index (χ3v) is 4.51. The Morgan fingerprint density at radius 3 is 2.76 bits per heavy atom. The van der Waals surface area contributed by atoms with Gasteiger partial charge in [0.1, 0.15) is 4.90 Å². The fraction of sp³-hybridized carbons (Fsp3) is 0.636. The molecule has 0 radical (unpaired) electrons.